The summed E-state index contributed by atoms with van der Waals surface area (Å²) in [5, 5.41) is 0. The Morgan fingerprint density at radius 3 is 1.77 bits per heavy atom. The number of carbonyl (C=O) groups excluding carboxylic acids is 1. The van der Waals surface area contributed by atoms with Crippen LogP contribution in [0.4, 0.5) is 0 Å². The number of rotatable bonds is 15. The van der Waals surface area contributed by atoms with Gasteiger partial charge in [0, 0.05) is 6.42 Å². The molecule has 3 heteroatoms. The summed E-state index contributed by atoms with van der Waals surface area (Å²) in [5.74, 6) is -0.0709. The lowest BCUT2D eigenvalue weighted by molar-refractivity contribution is -0.140. The van der Waals surface area contributed by atoms with Gasteiger partial charge in [0.05, 0.1) is 19.3 Å². The van der Waals surface area contributed by atoms with Crippen molar-refractivity contribution in [2.45, 2.75) is 109 Å². The van der Waals surface area contributed by atoms with E-state index >= 15 is 0 Å². The third kappa shape index (κ3) is 10.2. The van der Waals surface area contributed by atoms with E-state index in [1.165, 1.54) is 77.7 Å². The summed E-state index contributed by atoms with van der Waals surface area (Å²) in [6.45, 7) is 2.21. The quantitative estimate of drug-likeness (QED) is 0.230. The van der Waals surface area contributed by atoms with Gasteiger partial charge in [0.1, 0.15) is 0 Å². The van der Waals surface area contributed by atoms with E-state index in [0.717, 1.165) is 12.8 Å². The van der Waals surface area contributed by atoms with Gasteiger partial charge in [-0.1, -0.05) is 71.1 Å². The Morgan fingerprint density at radius 1 is 0.818 bits per heavy atom. The summed E-state index contributed by atoms with van der Waals surface area (Å²) in [4.78, 5) is 10.9. The van der Waals surface area contributed by atoms with Gasteiger partial charge in [0.25, 0.3) is 0 Å². The van der Waals surface area contributed by atoms with Gasteiger partial charge in [-0.05, 0) is 19.3 Å². The summed E-state index contributed by atoms with van der Waals surface area (Å²) < 4.78 is 10.2. The van der Waals surface area contributed by atoms with E-state index < -0.39 is 0 Å². The summed E-state index contributed by atoms with van der Waals surface area (Å²) in [7, 11) is 1.46. The molecule has 0 amide bonds. The van der Waals surface area contributed by atoms with Crippen LogP contribution in [0.1, 0.15) is 96.8 Å². The predicted octanol–water partition coefficient (Wildman–Crippen LogP) is 5.41. The minimum Gasteiger partial charge on any atom is -0.469 e. The lowest BCUT2D eigenvalue weighted by Gasteiger charge is -2.03. The van der Waals surface area contributed by atoms with Crippen LogP contribution < -0.4 is 0 Å². The lowest BCUT2D eigenvalue weighted by Crippen LogP contribution is -1.99. The van der Waals surface area contributed by atoms with Crippen molar-refractivity contribution in [2.24, 2.45) is 0 Å². The van der Waals surface area contributed by atoms with Crippen LogP contribution in [-0.4, -0.2) is 25.3 Å². The van der Waals surface area contributed by atoms with E-state index in [2.05, 4.69) is 11.7 Å². The van der Waals surface area contributed by atoms with Gasteiger partial charge in [0.2, 0.25) is 0 Å². The van der Waals surface area contributed by atoms with Crippen LogP contribution in [-0.2, 0) is 14.3 Å². The van der Waals surface area contributed by atoms with Crippen molar-refractivity contribution >= 4 is 5.97 Å². The highest BCUT2D eigenvalue weighted by atomic mass is 16.6. The van der Waals surface area contributed by atoms with E-state index in [-0.39, 0.29) is 5.97 Å². The fraction of sp³-hybridized carbons (Fsp3) is 0.947. The van der Waals surface area contributed by atoms with Crippen molar-refractivity contribution < 1.29 is 14.3 Å². The van der Waals surface area contributed by atoms with Gasteiger partial charge < -0.3 is 9.47 Å². The van der Waals surface area contributed by atoms with Crippen molar-refractivity contribution in [3.8, 4) is 0 Å². The summed E-state index contributed by atoms with van der Waals surface area (Å²) in [6, 6.07) is 0. The first-order valence-electron chi connectivity index (χ1n) is 9.50. The number of carbonyl (C=O) groups is 1. The standard InChI is InChI=1S/C19H36O3/c1-3-17-18(22-17)15-13-11-9-7-5-4-6-8-10-12-14-16-19(20)21-2/h17-18H,3-16H2,1-2H3/t17-,18+/m1/s1. The van der Waals surface area contributed by atoms with Gasteiger partial charge in [-0.15, -0.1) is 0 Å². The topological polar surface area (TPSA) is 38.8 Å². The van der Waals surface area contributed by atoms with Crippen molar-refractivity contribution in [1.82, 2.24) is 0 Å². The molecule has 3 nitrogen and oxygen atoms in total. The molecule has 1 heterocycles. The monoisotopic (exact) mass is 312 g/mol. The van der Waals surface area contributed by atoms with Crippen molar-refractivity contribution in [3.05, 3.63) is 0 Å². The van der Waals surface area contributed by atoms with Crippen molar-refractivity contribution in [2.75, 3.05) is 7.11 Å². The molecule has 1 rings (SSSR count). The van der Waals surface area contributed by atoms with Crippen LogP contribution in [0.3, 0.4) is 0 Å². The molecule has 0 N–H and O–H groups in total. The molecule has 1 fully saturated rings. The van der Waals surface area contributed by atoms with Crippen LogP contribution in [0.2, 0.25) is 0 Å². The summed E-state index contributed by atoms with van der Waals surface area (Å²) in [6.07, 6.45) is 18.6. The summed E-state index contributed by atoms with van der Waals surface area (Å²) in [5.41, 5.74) is 0. The molecule has 0 aromatic heterocycles. The van der Waals surface area contributed by atoms with E-state index in [9.17, 15) is 4.79 Å². The maximum Gasteiger partial charge on any atom is 0.305 e. The van der Waals surface area contributed by atoms with Crippen LogP contribution in [0, 0.1) is 0 Å². The highest BCUT2D eigenvalue weighted by molar-refractivity contribution is 5.68. The van der Waals surface area contributed by atoms with E-state index in [1.807, 2.05) is 0 Å². The fourth-order valence-corrected chi connectivity index (χ4v) is 3.10. The Balaban J connectivity index is 1.67. The molecule has 1 aliphatic rings. The maximum atomic E-state index is 10.9. The number of methoxy groups -OCH3 is 1. The Kier molecular flexibility index (Phi) is 11.4. The van der Waals surface area contributed by atoms with Crippen LogP contribution in [0.5, 0.6) is 0 Å². The van der Waals surface area contributed by atoms with Crippen LogP contribution in [0.15, 0.2) is 0 Å². The van der Waals surface area contributed by atoms with Gasteiger partial charge >= 0.3 is 5.97 Å². The zero-order chi connectivity index (χ0) is 16.0. The smallest absolute Gasteiger partial charge is 0.305 e. The van der Waals surface area contributed by atoms with Gasteiger partial charge in [-0.3, -0.25) is 4.79 Å². The van der Waals surface area contributed by atoms with E-state index in [1.54, 1.807) is 0 Å². The predicted molar refractivity (Wildman–Crippen MR) is 91.0 cm³/mol. The Bertz CT molecular complexity index is 278. The molecular formula is C19H36O3. The molecule has 0 aliphatic carbocycles. The third-order valence-electron chi connectivity index (χ3n) is 4.69. The number of epoxide rings is 1. The molecule has 0 spiro atoms. The second kappa shape index (κ2) is 12.9. The minimum absolute atomic E-state index is 0.0709. The Labute approximate surface area is 137 Å². The molecule has 1 saturated heterocycles. The second-order valence-corrected chi connectivity index (χ2v) is 6.63. The Hall–Kier alpha value is -0.570. The molecule has 0 aromatic rings. The average molecular weight is 312 g/mol. The average Bonchev–Trinajstić information content (AvgIpc) is 3.30. The number of ether oxygens (including phenoxy) is 2. The molecule has 0 radical (unpaired) electrons. The molecule has 1 aliphatic heterocycles. The van der Waals surface area contributed by atoms with Crippen molar-refractivity contribution in [3.63, 3.8) is 0 Å². The minimum atomic E-state index is -0.0709. The molecule has 0 aromatic carbocycles. The molecule has 2 atom stereocenters. The largest absolute Gasteiger partial charge is 0.469 e. The van der Waals surface area contributed by atoms with Crippen molar-refractivity contribution in [1.29, 1.82) is 0 Å². The van der Waals surface area contributed by atoms with Gasteiger partial charge in [0.15, 0.2) is 0 Å². The first kappa shape index (κ1) is 19.5. The number of esters is 1. The fourth-order valence-electron chi connectivity index (χ4n) is 3.10. The van der Waals surface area contributed by atoms with E-state index in [0.29, 0.717) is 18.6 Å². The molecule has 0 saturated carbocycles. The normalized spacial score (nSPS) is 20.1. The Morgan fingerprint density at radius 2 is 1.32 bits per heavy atom. The van der Waals surface area contributed by atoms with Gasteiger partial charge in [-0.2, -0.15) is 0 Å². The lowest BCUT2D eigenvalue weighted by atomic mass is 10.0. The number of unbranched alkanes of at least 4 members (excludes halogenated alkanes) is 10. The van der Waals surface area contributed by atoms with Gasteiger partial charge in [-0.25, -0.2) is 0 Å². The molecule has 22 heavy (non-hydrogen) atoms. The van der Waals surface area contributed by atoms with E-state index in [4.69, 9.17) is 4.74 Å². The third-order valence-corrected chi connectivity index (χ3v) is 4.69. The zero-order valence-electron chi connectivity index (χ0n) is 14.8. The van der Waals surface area contributed by atoms with Crippen LogP contribution in [0.25, 0.3) is 0 Å². The highest BCUT2D eigenvalue weighted by Crippen LogP contribution is 2.29. The molecule has 0 unspecified atom stereocenters. The molecule has 0 bridgehead atoms. The first-order valence-corrected chi connectivity index (χ1v) is 9.50. The first-order chi connectivity index (χ1) is 10.8. The molecular weight excluding hydrogens is 276 g/mol. The highest BCUT2D eigenvalue weighted by Gasteiger charge is 2.35. The number of hydrogen-bond donors (Lipinski definition) is 0. The zero-order valence-corrected chi connectivity index (χ0v) is 14.8. The summed E-state index contributed by atoms with van der Waals surface area (Å²) >= 11 is 0. The molecule has 130 valence electrons. The number of hydrogen-bond acceptors (Lipinski definition) is 3. The van der Waals surface area contributed by atoms with Crippen LogP contribution >= 0.6 is 0 Å². The second-order valence-electron chi connectivity index (χ2n) is 6.63. The maximum absolute atomic E-state index is 10.9. The SMILES string of the molecule is CC[C@H]1O[C@H]1CCCCCCCCCCCCCC(=O)OC.